The summed E-state index contributed by atoms with van der Waals surface area (Å²) in [5.41, 5.74) is -0.922. The second-order valence-electron chi connectivity index (χ2n) is 6.88. The number of amides is 2. The minimum absolute atomic E-state index is 0.161. The quantitative estimate of drug-likeness (QED) is 0.561. The summed E-state index contributed by atoms with van der Waals surface area (Å²) in [5.74, 6) is -3.08. The molecule has 12 heteroatoms. The first-order chi connectivity index (χ1) is 14.9. The number of esters is 1. The van der Waals surface area contributed by atoms with E-state index in [2.05, 4.69) is 15.6 Å². The van der Waals surface area contributed by atoms with E-state index in [0.717, 1.165) is 0 Å². The molecule has 2 rings (SSSR count). The summed E-state index contributed by atoms with van der Waals surface area (Å²) in [4.78, 5) is 40.3. The topological polar surface area (TPSA) is 97.4 Å². The molecule has 0 aliphatic heterocycles. The van der Waals surface area contributed by atoms with Gasteiger partial charge in [-0.15, -0.1) is 0 Å². The molecule has 0 unspecified atom stereocenters. The fourth-order valence-corrected chi connectivity index (χ4v) is 2.88. The van der Waals surface area contributed by atoms with Crippen LogP contribution in [0.5, 0.6) is 0 Å². The van der Waals surface area contributed by atoms with Crippen molar-refractivity contribution in [1.82, 2.24) is 10.3 Å². The third-order valence-electron chi connectivity index (χ3n) is 4.10. The number of hydrogen-bond donors (Lipinski definition) is 2. The Hall–Kier alpha value is -2.85. The highest BCUT2D eigenvalue weighted by Crippen LogP contribution is 2.32. The summed E-state index contributed by atoms with van der Waals surface area (Å²) < 4.78 is 42.9. The molecule has 0 saturated heterocycles. The summed E-state index contributed by atoms with van der Waals surface area (Å²) in [6.45, 7) is 2.54. The third kappa shape index (κ3) is 6.83. The number of nitrogens with zero attached hydrogens (tertiary/aromatic N) is 1. The van der Waals surface area contributed by atoms with Crippen LogP contribution in [0.15, 0.2) is 36.5 Å². The maximum atomic E-state index is 12.7. The molecule has 0 radical (unpaired) electrons. The second kappa shape index (κ2) is 10.6. The van der Waals surface area contributed by atoms with Crippen molar-refractivity contribution in [2.45, 2.75) is 26.1 Å². The Bertz CT molecular complexity index is 1020. The molecule has 2 amide bonds. The number of carbonyl (C=O) groups is 3. The molecule has 0 aliphatic rings. The van der Waals surface area contributed by atoms with Crippen LogP contribution in [0.2, 0.25) is 10.0 Å². The summed E-state index contributed by atoms with van der Waals surface area (Å²) in [5, 5.41) is 4.42. The normalized spacial score (nSPS) is 12.2. The monoisotopic (exact) mass is 491 g/mol. The van der Waals surface area contributed by atoms with E-state index in [-0.39, 0.29) is 22.3 Å². The van der Waals surface area contributed by atoms with E-state index in [1.54, 1.807) is 26.0 Å². The number of pyridine rings is 1. The van der Waals surface area contributed by atoms with Crippen LogP contribution in [0, 0.1) is 5.92 Å². The Balaban J connectivity index is 1.97. The van der Waals surface area contributed by atoms with Gasteiger partial charge >= 0.3 is 12.1 Å². The first-order valence-corrected chi connectivity index (χ1v) is 9.90. The summed E-state index contributed by atoms with van der Waals surface area (Å²) in [6.07, 6.45) is -4.14. The van der Waals surface area contributed by atoms with Gasteiger partial charge in [-0.3, -0.25) is 9.59 Å². The van der Waals surface area contributed by atoms with Gasteiger partial charge in [0, 0.05) is 6.20 Å². The van der Waals surface area contributed by atoms with Crippen molar-refractivity contribution in [1.29, 1.82) is 0 Å². The van der Waals surface area contributed by atoms with E-state index < -0.39 is 47.2 Å². The van der Waals surface area contributed by atoms with Crippen molar-refractivity contribution in [2.75, 3.05) is 11.9 Å². The van der Waals surface area contributed by atoms with Crippen molar-refractivity contribution in [3.8, 4) is 0 Å². The molecule has 32 heavy (non-hydrogen) atoms. The van der Waals surface area contributed by atoms with Gasteiger partial charge in [-0.2, -0.15) is 13.2 Å². The lowest BCUT2D eigenvalue weighted by molar-refractivity contribution is -0.150. The summed E-state index contributed by atoms with van der Waals surface area (Å²) >= 11 is 11.7. The Morgan fingerprint density at radius 1 is 1.12 bits per heavy atom. The number of alkyl halides is 3. The highest BCUT2D eigenvalue weighted by molar-refractivity contribution is 6.34. The zero-order valence-corrected chi connectivity index (χ0v) is 18.3. The molecule has 1 aromatic carbocycles. The van der Waals surface area contributed by atoms with E-state index in [1.165, 1.54) is 12.1 Å². The highest BCUT2D eigenvalue weighted by atomic mass is 35.5. The van der Waals surface area contributed by atoms with Crippen LogP contribution in [-0.4, -0.2) is 35.4 Å². The van der Waals surface area contributed by atoms with Crippen LogP contribution in [0.4, 0.5) is 19.0 Å². The van der Waals surface area contributed by atoms with Gasteiger partial charge in [-0.05, 0) is 24.1 Å². The van der Waals surface area contributed by atoms with Gasteiger partial charge in [0.1, 0.15) is 6.04 Å². The number of benzene rings is 1. The molecule has 172 valence electrons. The van der Waals surface area contributed by atoms with Gasteiger partial charge in [0.2, 0.25) is 0 Å². The standard InChI is InChI=1S/C20H18Cl2F3N3O4/c1-10(2)16(28-18(30)12-5-3-4-6-13(12)21)19(31)32-9-15(29)27-17-14(22)7-11(8-26-17)20(23,24)25/h3-8,10,16H,9H2,1-2H3,(H,28,30)(H,26,27,29)/t16-/m0/s1. The predicted molar refractivity (Wildman–Crippen MR) is 111 cm³/mol. The van der Waals surface area contributed by atoms with E-state index >= 15 is 0 Å². The number of hydrogen-bond acceptors (Lipinski definition) is 5. The third-order valence-corrected chi connectivity index (χ3v) is 4.72. The number of aromatic nitrogens is 1. The first kappa shape index (κ1) is 25.4. The second-order valence-corrected chi connectivity index (χ2v) is 7.70. The molecule has 2 aromatic rings. The van der Waals surface area contributed by atoms with Crippen molar-refractivity contribution < 1.29 is 32.3 Å². The van der Waals surface area contributed by atoms with Gasteiger partial charge in [0.15, 0.2) is 12.4 Å². The molecule has 0 bridgehead atoms. The Morgan fingerprint density at radius 2 is 1.78 bits per heavy atom. The SMILES string of the molecule is CC(C)[C@H](NC(=O)c1ccccc1Cl)C(=O)OCC(=O)Nc1ncc(C(F)(F)F)cc1Cl. The van der Waals surface area contributed by atoms with Crippen LogP contribution >= 0.6 is 23.2 Å². The molecule has 1 atom stereocenters. The molecule has 7 nitrogen and oxygen atoms in total. The Morgan fingerprint density at radius 3 is 2.34 bits per heavy atom. The number of nitrogens with one attached hydrogen (secondary N) is 2. The Labute approximate surface area is 191 Å². The number of anilines is 1. The van der Waals surface area contributed by atoms with Gasteiger partial charge in [-0.1, -0.05) is 49.2 Å². The largest absolute Gasteiger partial charge is 0.454 e. The van der Waals surface area contributed by atoms with Crippen LogP contribution < -0.4 is 10.6 Å². The number of rotatable bonds is 7. The lowest BCUT2D eigenvalue weighted by Gasteiger charge is -2.21. The van der Waals surface area contributed by atoms with Crippen LogP contribution in [0.25, 0.3) is 0 Å². The maximum Gasteiger partial charge on any atom is 0.417 e. The predicted octanol–water partition coefficient (Wildman–Crippen LogP) is 4.34. The summed E-state index contributed by atoms with van der Waals surface area (Å²) in [7, 11) is 0. The maximum absolute atomic E-state index is 12.7. The van der Waals surface area contributed by atoms with E-state index in [0.29, 0.717) is 12.3 Å². The number of halogens is 5. The lowest BCUT2D eigenvalue weighted by Crippen LogP contribution is -2.46. The minimum atomic E-state index is -4.64. The fraction of sp³-hybridized carbons (Fsp3) is 0.300. The molecule has 1 heterocycles. The molecular weight excluding hydrogens is 474 g/mol. The first-order valence-electron chi connectivity index (χ1n) is 9.14. The average Bonchev–Trinajstić information content (AvgIpc) is 2.70. The van der Waals surface area contributed by atoms with E-state index in [1.807, 2.05) is 0 Å². The van der Waals surface area contributed by atoms with Gasteiger partial charge < -0.3 is 15.4 Å². The fourth-order valence-electron chi connectivity index (χ4n) is 2.44. The Kier molecular flexibility index (Phi) is 8.45. The van der Waals surface area contributed by atoms with E-state index in [9.17, 15) is 27.6 Å². The molecule has 0 aliphatic carbocycles. The zero-order valence-electron chi connectivity index (χ0n) is 16.8. The average molecular weight is 492 g/mol. The molecular formula is C20H18Cl2F3N3O4. The molecule has 0 saturated carbocycles. The van der Waals surface area contributed by atoms with Gasteiger partial charge in [0.25, 0.3) is 11.8 Å². The highest BCUT2D eigenvalue weighted by Gasteiger charge is 2.32. The molecule has 0 spiro atoms. The number of ether oxygens (including phenoxy) is 1. The van der Waals surface area contributed by atoms with Crippen molar-refractivity contribution in [3.63, 3.8) is 0 Å². The smallest absolute Gasteiger partial charge is 0.417 e. The summed E-state index contributed by atoms with van der Waals surface area (Å²) in [6, 6.07) is 5.77. The number of carbonyl (C=O) groups excluding carboxylic acids is 3. The molecule has 0 fully saturated rings. The minimum Gasteiger partial charge on any atom is -0.454 e. The van der Waals surface area contributed by atoms with Crippen LogP contribution in [-0.2, 0) is 20.5 Å². The lowest BCUT2D eigenvalue weighted by atomic mass is 10.0. The van der Waals surface area contributed by atoms with Gasteiger partial charge in [0.05, 0.1) is 21.2 Å². The zero-order chi connectivity index (χ0) is 24.1. The van der Waals surface area contributed by atoms with Crippen molar-refractivity contribution in [3.05, 3.63) is 57.7 Å². The van der Waals surface area contributed by atoms with E-state index in [4.69, 9.17) is 27.9 Å². The van der Waals surface area contributed by atoms with Crippen molar-refractivity contribution in [2.24, 2.45) is 5.92 Å². The van der Waals surface area contributed by atoms with Crippen molar-refractivity contribution >= 4 is 46.8 Å². The van der Waals surface area contributed by atoms with Crippen LogP contribution in [0.3, 0.4) is 0 Å². The molecule has 1 aromatic heterocycles. The van der Waals surface area contributed by atoms with Gasteiger partial charge in [-0.25, -0.2) is 9.78 Å². The molecule has 2 N–H and O–H groups in total. The van der Waals surface area contributed by atoms with Crippen LogP contribution in [0.1, 0.15) is 29.8 Å².